The summed E-state index contributed by atoms with van der Waals surface area (Å²) in [4.78, 5) is 24.3. The second-order valence-corrected chi connectivity index (χ2v) is 9.20. The number of ether oxygens (including phenoxy) is 1. The van der Waals surface area contributed by atoms with Crippen molar-refractivity contribution in [3.8, 4) is 0 Å². The topological polar surface area (TPSA) is 92.8 Å². The largest absolute Gasteiger partial charge is 0.462 e. The Morgan fingerprint density at radius 2 is 1.63 bits per heavy atom. The molecular formula is C22H28N2O5S. The molecule has 2 rings (SSSR count). The van der Waals surface area contributed by atoms with Crippen molar-refractivity contribution in [1.82, 2.24) is 4.31 Å². The number of carbonyl (C=O) groups excluding carboxylic acids is 2. The fraction of sp³-hybridized carbons (Fsp3) is 0.364. The van der Waals surface area contributed by atoms with Crippen molar-refractivity contribution in [2.24, 2.45) is 0 Å². The number of esters is 1. The summed E-state index contributed by atoms with van der Waals surface area (Å²) < 4.78 is 30.5. The smallest absolute Gasteiger partial charge is 0.338 e. The molecule has 7 nitrogen and oxygen atoms in total. The molecule has 0 aliphatic rings. The Hall–Kier alpha value is -2.71. The molecule has 0 radical (unpaired) electrons. The molecule has 0 aliphatic carbocycles. The molecule has 0 saturated carbocycles. The Morgan fingerprint density at radius 3 is 2.20 bits per heavy atom. The fourth-order valence-corrected chi connectivity index (χ4v) is 3.50. The van der Waals surface area contributed by atoms with E-state index in [1.807, 2.05) is 6.92 Å². The van der Waals surface area contributed by atoms with Crippen molar-refractivity contribution in [2.75, 3.05) is 26.0 Å². The van der Waals surface area contributed by atoms with Gasteiger partial charge in [-0.25, -0.2) is 17.5 Å². The van der Waals surface area contributed by atoms with Gasteiger partial charge in [0.25, 0.3) is 0 Å². The molecule has 1 amide bonds. The summed E-state index contributed by atoms with van der Waals surface area (Å²) in [6, 6.07) is 13.1. The summed E-state index contributed by atoms with van der Waals surface area (Å²) in [6.07, 6.45) is 2.52. The average molecular weight is 433 g/mol. The summed E-state index contributed by atoms with van der Waals surface area (Å²) in [5.41, 5.74) is 1.91. The number of hydrogen-bond acceptors (Lipinski definition) is 5. The van der Waals surface area contributed by atoms with E-state index in [1.54, 1.807) is 48.5 Å². The Bertz CT molecular complexity index is 952. The van der Waals surface area contributed by atoms with Crippen molar-refractivity contribution < 1.29 is 22.7 Å². The van der Waals surface area contributed by atoms with Gasteiger partial charge in [-0.05, 0) is 54.8 Å². The van der Waals surface area contributed by atoms with Crippen LogP contribution in [-0.2, 0) is 26.0 Å². The number of nitrogens with zero attached hydrogens (tertiary/aromatic N) is 1. The number of carbonyl (C=O) groups is 2. The summed E-state index contributed by atoms with van der Waals surface area (Å²) in [5, 5.41) is 2.79. The number of amides is 1. The SMILES string of the molecule is CCCCOC(=O)c1ccc(NC(=O)CCc2ccc(S(=O)(=O)N(C)C)cc2)cc1. The van der Waals surface area contributed by atoms with E-state index < -0.39 is 10.0 Å². The number of rotatable bonds is 10. The molecule has 0 bridgehead atoms. The van der Waals surface area contributed by atoms with Gasteiger partial charge in [-0.2, -0.15) is 0 Å². The summed E-state index contributed by atoms with van der Waals surface area (Å²) in [5.74, 6) is -0.542. The third-order valence-electron chi connectivity index (χ3n) is 4.48. The maximum Gasteiger partial charge on any atom is 0.338 e. The van der Waals surface area contributed by atoms with Gasteiger partial charge in [-0.1, -0.05) is 25.5 Å². The third-order valence-corrected chi connectivity index (χ3v) is 6.31. The molecule has 8 heteroatoms. The van der Waals surface area contributed by atoms with Crippen LogP contribution in [0.2, 0.25) is 0 Å². The standard InChI is InChI=1S/C22H28N2O5S/c1-4-5-16-29-22(26)18-9-11-19(12-10-18)23-21(25)15-8-17-6-13-20(14-7-17)30(27,28)24(2)3/h6-7,9-14H,4-5,8,15-16H2,1-3H3,(H,23,25). The van der Waals surface area contributed by atoms with Crippen LogP contribution < -0.4 is 5.32 Å². The highest BCUT2D eigenvalue weighted by atomic mass is 32.2. The van der Waals surface area contributed by atoms with E-state index in [0.29, 0.717) is 24.3 Å². The van der Waals surface area contributed by atoms with Crippen LogP contribution in [0.5, 0.6) is 0 Å². The van der Waals surface area contributed by atoms with Gasteiger partial charge in [0.1, 0.15) is 0 Å². The highest BCUT2D eigenvalue weighted by Gasteiger charge is 2.16. The van der Waals surface area contributed by atoms with Gasteiger partial charge >= 0.3 is 5.97 Å². The molecule has 162 valence electrons. The fourth-order valence-electron chi connectivity index (χ4n) is 2.60. The van der Waals surface area contributed by atoms with Crippen LogP contribution in [0, 0.1) is 0 Å². The molecule has 0 heterocycles. The molecule has 30 heavy (non-hydrogen) atoms. The van der Waals surface area contributed by atoms with Crippen LogP contribution in [0.3, 0.4) is 0 Å². The zero-order valence-electron chi connectivity index (χ0n) is 17.6. The predicted molar refractivity (Wildman–Crippen MR) is 116 cm³/mol. The van der Waals surface area contributed by atoms with Crippen molar-refractivity contribution in [1.29, 1.82) is 0 Å². The van der Waals surface area contributed by atoms with Gasteiger partial charge in [-0.3, -0.25) is 4.79 Å². The van der Waals surface area contributed by atoms with Crippen molar-refractivity contribution >= 4 is 27.6 Å². The van der Waals surface area contributed by atoms with Gasteiger partial charge in [0.15, 0.2) is 0 Å². The Balaban J connectivity index is 1.85. The lowest BCUT2D eigenvalue weighted by Gasteiger charge is -2.11. The minimum atomic E-state index is -3.46. The van der Waals surface area contributed by atoms with Crippen LogP contribution in [0.25, 0.3) is 0 Å². The molecule has 0 atom stereocenters. The van der Waals surface area contributed by atoms with Gasteiger partial charge in [-0.15, -0.1) is 0 Å². The molecule has 2 aromatic carbocycles. The molecule has 2 aromatic rings. The summed E-state index contributed by atoms with van der Waals surface area (Å²) >= 11 is 0. The number of nitrogens with one attached hydrogen (secondary N) is 1. The molecule has 0 aliphatic heterocycles. The maximum absolute atomic E-state index is 12.2. The first-order valence-corrected chi connectivity index (χ1v) is 11.3. The first-order valence-electron chi connectivity index (χ1n) is 9.82. The molecule has 0 aromatic heterocycles. The van der Waals surface area contributed by atoms with E-state index in [2.05, 4.69) is 5.32 Å². The Labute approximate surface area is 178 Å². The van der Waals surface area contributed by atoms with Crippen molar-refractivity contribution in [3.05, 3.63) is 59.7 Å². The van der Waals surface area contributed by atoms with Gasteiger partial charge in [0.05, 0.1) is 17.1 Å². The van der Waals surface area contributed by atoms with Crippen LogP contribution in [0.4, 0.5) is 5.69 Å². The van der Waals surface area contributed by atoms with Crippen LogP contribution in [0.1, 0.15) is 42.1 Å². The van der Waals surface area contributed by atoms with Gasteiger partial charge in [0, 0.05) is 26.2 Å². The van der Waals surface area contributed by atoms with Crippen LogP contribution >= 0.6 is 0 Å². The second-order valence-electron chi connectivity index (χ2n) is 7.05. The first kappa shape index (κ1) is 23.6. The van der Waals surface area contributed by atoms with Gasteiger partial charge < -0.3 is 10.1 Å². The zero-order chi connectivity index (χ0) is 22.1. The lowest BCUT2D eigenvalue weighted by molar-refractivity contribution is -0.116. The monoisotopic (exact) mass is 432 g/mol. The van der Waals surface area contributed by atoms with Crippen molar-refractivity contribution in [2.45, 2.75) is 37.5 Å². The number of hydrogen-bond donors (Lipinski definition) is 1. The highest BCUT2D eigenvalue weighted by Crippen LogP contribution is 2.16. The first-order chi connectivity index (χ1) is 14.2. The molecule has 0 spiro atoms. The lowest BCUT2D eigenvalue weighted by atomic mass is 10.1. The lowest BCUT2D eigenvalue weighted by Crippen LogP contribution is -2.22. The number of unbranched alkanes of at least 4 members (excludes halogenated alkanes) is 1. The molecule has 0 fully saturated rings. The second kappa shape index (κ2) is 10.9. The molecule has 1 N–H and O–H groups in total. The zero-order valence-corrected chi connectivity index (χ0v) is 18.4. The highest BCUT2D eigenvalue weighted by molar-refractivity contribution is 7.89. The molecule has 0 saturated heterocycles. The number of sulfonamides is 1. The number of anilines is 1. The van der Waals surface area contributed by atoms with Crippen molar-refractivity contribution in [3.63, 3.8) is 0 Å². The van der Waals surface area contributed by atoms with Gasteiger partial charge in [0.2, 0.25) is 15.9 Å². The van der Waals surface area contributed by atoms with E-state index in [4.69, 9.17) is 4.74 Å². The number of benzene rings is 2. The predicted octanol–water partition coefficient (Wildman–Crippen LogP) is 3.47. The Morgan fingerprint density at radius 1 is 1.00 bits per heavy atom. The van der Waals surface area contributed by atoms with E-state index in [1.165, 1.54) is 14.1 Å². The minimum absolute atomic E-state index is 0.168. The number of aryl methyl sites for hydroxylation is 1. The Kier molecular flexibility index (Phi) is 8.56. The normalized spacial score (nSPS) is 11.3. The molecular weight excluding hydrogens is 404 g/mol. The van der Waals surface area contributed by atoms with E-state index in [0.717, 1.165) is 22.7 Å². The molecule has 0 unspecified atom stereocenters. The van der Waals surface area contributed by atoms with Crippen LogP contribution in [-0.4, -0.2) is 45.3 Å². The minimum Gasteiger partial charge on any atom is -0.462 e. The average Bonchev–Trinajstić information content (AvgIpc) is 2.73. The summed E-state index contributed by atoms with van der Waals surface area (Å²) in [6.45, 7) is 2.42. The quantitative estimate of drug-likeness (QED) is 0.458. The van der Waals surface area contributed by atoms with E-state index >= 15 is 0 Å². The third kappa shape index (κ3) is 6.67. The summed E-state index contributed by atoms with van der Waals surface area (Å²) in [7, 11) is -0.498. The maximum atomic E-state index is 12.2. The van der Waals surface area contributed by atoms with E-state index in [-0.39, 0.29) is 23.2 Å². The van der Waals surface area contributed by atoms with Crippen LogP contribution in [0.15, 0.2) is 53.4 Å². The van der Waals surface area contributed by atoms with E-state index in [9.17, 15) is 18.0 Å².